The van der Waals surface area contributed by atoms with Crippen molar-refractivity contribution in [1.82, 2.24) is 15.1 Å². The van der Waals surface area contributed by atoms with Gasteiger partial charge in [-0.2, -0.15) is 13.9 Å². The van der Waals surface area contributed by atoms with Crippen molar-refractivity contribution < 1.29 is 23.0 Å². The Bertz CT molecular complexity index is 1000. The van der Waals surface area contributed by atoms with Crippen LogP contribution in [0, 0.1) is 0 Å². The number of amides is 1. The van der Waals surface area contributed by atoms with Crippen LogP contribution in [0.4, 0.5) is 8.78 Å². The van der Waals surface area contributed by atoms with Gasteiger partial charge in [0.1, 0.15) is 0 Å². The van der Waals surface area contributed by atoms with Crippen LogP contribution in [0.5, 0.6) is 11.5 Å². The fourth-order valence-electron chi connectivity index (χ4n) is 2.90. The summed E-state index contributed by atoms with van der Waals surface area (Å²) in [6.07, 6.45) is 6.25. The van der Waals surface area contributed by atoms with E-state index in [1.54, 1.807) is 23.0 Å². The summed E-state index contributed by atoms with van der Waals surface area (Å²) in [6.45, 7) is -2.10. The second kappa shape index (κ2) is 10.2. The minimum atomic E-state index is -3.01. The number of hydrogen-bond acceptors (Lipinski definition) is 4. The number of nitrogens with one attached hydrogen (secondary N) is 1. The molecule has 0 radical (unpaired) electrons. The molecule has 6 nitrogen and oxygen atoms in total. The summed E-state index contributed by atoms with van der Waals surface area (Å²) in [4.78, 5) is 12.3. The maximum Gasteiger partial charge on any atom is 0.387 e. The summed E-state index contributed by atoms with van der Waals surface area (Å²) < 4.78 is 36.8. The lowest BCUT2D eigenvalue weighted by molar-refractivity contribution is -0.116. The summed E-state index contributed by atoms with van der Waals surface area (Å²) in [5.41, 5.74) is 2.30. The number of methoxy groups -OCH3 is 1. The molecule has 0 aliphatic carbocycles. The van der Waals surface area contributed by atoms with Crippen LogP contribution in [0.1, 0.15) is 16.7 Å². The van der Waals surface area contributed by atoms with Gasteiger partial charge >= 0.3 is 6.61 Å². The number of hydrogen-bond donors (Lipinski definition) is 1. The Labute approximate surface area is 172 Å². The Hall–Kier alpha value is -3.68. The molecule has 0 fully saturated rings. The van der Waals surface area contributed by atoms with Crippen LogP contribution in [0.25, 0.3) is 6.08 Å². The van der Waals surface area contributed by atoms with Crippen LogP contribution in [-0.4, -0.2) is 29.4 Å². The molecule has 1 heterocycles. The summed E-state index contributed by atoms with van der Waals surface area (Å²) in [5, 5.41) is 7.00. The first-order valence-electron chi connectivity index (χ1n) is 9.18. The highest BCUT2D eigenvalue weighted by Gasteiger charge is 2.14. The van der Waals surface area contributed by atoms with E-state index in [1.165, 1.54) is 25.3 Å². The van der Waals surface area contributed by atoms with E-state index < -0.39 is 6.61 Å². The zero-order valence-corrected chi connectivity index (χ0v) is 16.3. The van der Waals surface area contributed by atoms with Gasteiger partial charge in [-0.3, -0.25) is 9.48 Å². The summed E-state index contributed by atoms with van der Waals surface area (Å²) in [5.74, 6) is -0.330. The zero-order chi connectivity index (χ0) is 21.3. The minimum absolute atomic E-state index is 0.122. The predicted octanol–water partition coefficient (Wildman–Crippen LogP) is 3.87. The van der Waals surface area contributed by atoms with Gasteiger partial charge in [0.05, 0.1) is 13.7 Å². The molecule has 8 heteroatoms. The number of aromatic nitrogens is 2. The van der Waals surface area contributed by atoms with Crippen LogP contribution in [0.2, 0.25) is 0 Å². The minimum Gasteiger partial charge on any atom is -0.493 e. The van der Waals surface area contributed by atoms with Crippen molar-refractivity contribution in [2.75, 3.05) is 7.11 Å². The maximum absolute atomic E-state index is 12.7. The molecule has 30 heavy (non-hydrogen) atoms. The topological polar surface area (TPSA) is 65.4 Å². The molecule has 3 aromatic rings. The SMILES string of the molecule is COc1cccc(/C=C/C(=O)NCc2ccccc2Cn2cccn2)c1OC(F)F. The van der Waals surface area contributed by atoms with E-state index in [9.17, 15) is 13.6 Å². The fourth-order valence-corrected chi connectivity index (χ4v) is 2.90. The first kappa shape index (κ1) is 21.0. The first-order valence-corrected chi connectivity index (χ1v) is 9.18. The highest BCUT2D eigenvalue weighted by molar-refractivity contribution is 5.92. The molecule has 0 unspecified atom stereocenters. The number of carbonyl (C=O) groups is 1. The highest BCUT2D eigenvalue weighted by atomic mass is 19.3. The molecule has 1 N–H and O–H groups in total. The van der Waals surface area contributed by atoms with Crippen LogP contribution >= 0.6 is 0 Å². The Morgan fingerprint density at radius 2 is 1.97 bits per heavy atom. The van der Waals surface area contributed by atoms with Gasteiger partial charge in [-0.25, -0.2) is 0 Å². The average molecular weight is 413 g/mol. The van der Waals surface area contributed by atoms with Crippen molar-refractivity contribution in [3.63, 3.8) is 0 Å². The lowest BCUT2D eigenvalue weighted by atomic mass is 10.1. The number of halogens is 2. The van der Waals surface area contributed by atoms with E-state index in [-0.39, 0.29) is 17.4 Å². The van der Waals surface area contributed by atoms with E-state index in [1.807, 2.05) is 36.5 Å². The lowest BCUT2D eigenvalue weighted by Gasteiger charge is -2.12. The number of carbonyl (C=O) groups excluding carboxylic acids is 1. The molecule has 0 atom stereocenters. The molecule has 0 spiro atoms. The van der Waals surface area contributed by atoms with Crippen molar-refractivity contribution in [3.05, 3.63) is 83.7 Å². The van der Waals surface area contributed by atoms with Gasteiger partial charge in [0, 0.05) is 30.6 Å². The molecule has 0 aliphatic rings. The van der Waals surface area contributed by atoms with Gasteiger partial charge in [0.15, 0.2) is 11.5 Å². The van der Waals surface area contributed by atoms with Gasteiger partial charge in [-0.05, 0) is 29.3 Å². The molecule has 0 aliphatic heterocycles. The predicted molar refractivity (Wildman–Crippen MR) is 108 cm³/mol. The Balaban J connectivity index is 1.67. The van der Waals surface area contributed by atoms with Crippen molar-refractivity contribution in [1.29, 1.82) is 0 Å². The Morgan fingerprint density at radius 3 is 2.67 bits per heavy atom. The number of benzene rings is 2. The monoisotopic (exact) mass is 413 g/mol. The van der Waals surface area contributed by atoms with E-state index in [0.717, 1.165) is 11.1 Å². The van der Waals surface area contributed by atoms with Gasteiger partial charge < -0.3 is 14.8 Å². The van der Waals surface area contributed by atoms with Crippen LogP contribution in [0.3, 0.4) is 0 Å². The molecule has 156 valence electrons. The summed E-state index contributed by atoms with van der Waals surface area (Å²) in [6, 6.07) is 14.3. The molecular weight excluding hydrogens is 392 g/mol. The molecular formula is C22H21F2N3O3. The Kier molecular flexibility index (Phi) is 7.15. The quantitative estimate of drug-likeness (QED) is 0.541. The summed E-state index contributed by atoms with van der Waals surface area (Å²) in [7, 11) is 1.36. The second-order valence-corrected chi connectivity index (χ2v) is 6.28. The molecule has 1 amide bonds. The van der Waals surface area contributed by atoms with Crippen molar-refractivity contribution in [2.24, 2.45) is 0 Å². The number of para-hydroxylation sites is 1. The molecule has 1 aromatic heterocycles. The normalized spacial score (nSPS) is 11.1. The first-order chi connectivity index (χ1) is 14.6. The smallest absolute Gasteiger partial charge is 0.387 e. The number of nitrogens with zero attached hydrogens (tertiary/aromatic N) is 2. The van der Waals surface area contributed by atoms with Gasteiger partial charge in [-0.1, -0.05) is 36.4 Å². The molecule has 0 bridgehead atoms. The standard InChI is InChI=1S/C22H21F2N3O3/c1-29-19-9-4-8-16(21(19)30-22(23)24)10-11-20(28)25-14-17-6-2-3-7-18(17)15-27-13-5-12-26-27/h2-13,22H,14-15H2,1H3,(H,25,28)/b11-10+. The van der Waals surface area contributed by atoms with Crippen LogP contribution < -0.4 is 14.8 Å². The molecule has 0 saturated carbocycles. The van der Waals surface area contributed by atoms with Crippen LogP contribution in [0.15, 0.2) is 67.0 Å². The van der Waals surface area contributed by atoms with Crippen molar-refractivity contribution >= 4 is 12.0 Å². The van der Waals surface area contributed by atoms with Gasteiger partial charge in [-0.15, -0.1) is 0 Å². The third-order valence-electron chi connectivity index (χ3n) is 4.31. The fraction of sp³-hybridized carbons (Fsp3) is 0.182. The van der Waals surface area contributed by atoms with Crippen LogP contribution in [-0.2, 0) is 17.9 Å². The van der Waals surface area contributed by atoms with Crippen molar-refractivity contribution in [2.45, 2.75) is 19.7 Å². The molecule has 0 saturated heterocycles. The summed E-state index contributed by atoms with van der Waals surface area (Å²) >= 11 is 0. The zero-order valence-electron chi connectivity index (χ0n) is 16.3. The molecule has 2 aromatic carbocycles. The third kappa shape index (κ3) is 5.66. The molecule has 3 rings (SSSR count). The third-order valence-corrected chi connectivity index (χ3v) is 4.31. The second-order valence-electron chi connectivity index (χ2n) is 6.28. The van der Waals surface area contributed by atoms with E-state index >= 15 is 0 Å². The maximum atomic E-state index is 12.7. The number of rotatable bonds is 9. The number of ether oxygens (including phenoxy) is 2. The van der Waals surface area contributed by atoms with Crippen molar-refractivity contribution in [3.8, 4) is 11.5 Å². The van der Waals surface area contributed by atoms with Gasteiger partial charge in [0.25, 0.3) is 0 Å². The van der Waals surface area contributed by atoms with E-state index in [0.29, 0.717) is 18.7 Å². The number of alkyl halides is 2. The average Bonchev–Trinajstić information content (AvgIpc) is 3.25. The lowest BCUT2D eigenvalue weighted by Crippen LogP contribution is -2.21. The largest absolute Gasteiger partial charge is 0.493 e. The van der Waals surface area contributed by atoms with E-state index in [4.69, 9.17) is 4.74 Å². The van der Waals surface area contributed by atoms with E-state index in [2.05, 4.69) is 15.2 Å². The Morgan fingerprint density at radius 1 is 1.17 bits per heavy atom. The highest BCUT2D eigenvalue weighted by Crippen LogP contribution is 2.33. The van der Waals surface area contributed by atoms with Gasteiger partial charge in [0.2, 0.25) is 5.91 Å².